The van der Waals surface area contributed by atoms with E-state index >= 15 is 0 Å². The Balaban J connectivity index is 1.78. The predicted molar refractivity (Wildman–Crippen MR) is 93.7 cm³/mol. The monoisotopic (exact) mass is 359 g/mol. The number of hydrogen-bond acceptors (Lipinski definition) is 6. The molecule has 1 N–H and O–H groups in total. The Bertz CT molecular complexity index is 734. The van der Waals surface area contributed by atoms with Gasteiger partial charge in [-0.2, -0.15) is 5.10 Å². The van der Waals surface area contributed by atoms with Crippen LogP contribution in [0.2, 0.25) is 0 Å². The lowest BCUT2D eigenvalue weighted by molar-refractivity contribution is -0.148. The minimum absolute atomic E-state index is 0.0302. The summed E-state index contributed by atoms with van der Waals surface area (Å²) in [5.41, 5.74) is 0.820. The van der Waals surface area contributed by atoms with Crippen molar-refractivity contribution < 1.29 is 24.2 Å². The molecule has 1 aromatic rings. The van der Waals surface area contributed by atoms with Crippen molar-refractivity contribution in [3.63, 3.8) is 0 Å². The van der Waals surface area contributed by atoms with E-state index in [-0.39, 0.29) is 36.5 Å². The maximum atomic E-state index is 12.8. The number of amides is 1. The summed E-state index contributed by atoms with van der Waals surface area (Å²) in [5, 5.41) is 15.2. The fourth-order valence-corrected chi connectivity index (χ4v) is 3.35. The van der Waals surface area contributed by atoms with Gasteiger partial charge >= 0.3 is 11.9 Å². The van der Waals surface area contributed by atoms with Gasteiger partial charge in [0, 0.05) is 19.5 Å². The zero-order valence-electron chi connectivity index (χ0n) is 14.5. The van der Waals surface area contributed by atoms with Gasteiger partial charge in [-0.3, -0.25) is 14.6 Å². The van der Waals surface area contributed by atoms with Gasteiger partial charge in [-0.25, -0.2) is 4.79 Å². The molecule has 1 aromatic carbocycles. The Morgan fingerprint density at radius 2 is 1.96 bits per heavy atom. The summed E-state index contributed by atoms with van der Waals surface area (Å²) in [7, 11) is 1.33. The summed E-state index contributed by atoms with van der Waals surface area (Å²) >= 11 is 0. The summed E-state index contributed by atoms with van der Waals surface area (Å²) in [4.78, 5) is 37.8. The number of likely N-dealkylation sites (tertiary alicyclic amines) is 1. The highest BCUT2D eigenvalue weighted by molar-refractivity contribution is 6.40. The molecule has 138 valence electrons. The van der Waals surface area contributed by atoms with Crippen molar-refractivity contribution in [1.29, 1.82) is 0 Å². The molecule has 1 amide bonds. The van der Waals surface area contributed by atoms with Crippen molar-refractivity contribution in [2.75, 3.05) is 25.2 Å². The molecule has 0 aliphatic carbocycles. The molecule has 2 unspecified atom stereocenters. The number of methoxy groups -OCH3 is 1. The van der Waals surface area contributed by atoms with Crippen molar-refractivity contribution in [3.05, 3.63) is 30.3 Å². The summed E-state index contributed by atoms with van der Waals surface area (Å²) in [6.45, 7) is 0.794. The van der Waals surface area contributed by atoms with E-state index in [1.165, 1.54) is 12.1 Å². The van der Waals surface area contributed by atoms with Crippen LogP contribution in [-0.4, -0.2) is 59.8 Å². The van der Waals surface area contributed by atoms with Crippen LogP contribution in [0, 0.1) is 5.92 Å². The molecule has 26 heavy (non-hydrogen) atoms. The lowest BCUT2D eigenvalue weighted by atomic mass is 9.97. The zero-order valence-corrected chi connectivity index (χ0v) is 14.5. The number of aliphatic carboxylic acids is 1. The van der Waals surface area contributed by atoms with Crippen LogP contribution in [-0.2, 0) is 19.1 Å². The van der Waals surface area contributed by atoms with E-state index in [0.717, 1.165) is 0 Å². The molecule has 0 bridgehead atoms. The number of carbonyl (C=O) groups is 3. The Morgan fingerprint density at radius 3 is 2.62 bits per heavy atom. The molecule has 0 saturated carbocycles. The van der Waals surface area contributed by atoms with E-state index in [1.807, 2.05) is 6.07 Å². The Morgan fingerprint density at radius 1 is 1.23 bits per heavy atom. The van der Waals surface area contributed by atoms with Gasteiger partial charge in [-0.1, -0.05) is 18.2 Å². The number of benzene rings is 1. The molecule has 3 rings (SSSR count). The first-order valence-corrected chi connectivity index (χ1v) is 8.53. The van der Waals surface area contributed by atoms with E-state index in [0.29, 0.717) is 25.1 Å². The van der Waals surface area contributed by atoms with Crippen LogP contribution in [0.1, 0.15) is 19.3 Å². The topological polar surface area (TPSA) is 99.5 Å². The first kappa shape index (κ1) is 17.9. The summed E-state index contributed by atoms with van der Waals surface area (Å²) in [6, 6.07) is 7.98. The third kappa shape index (κ3) is 3.54. The number of rotatable bonds is 4. The maximum absolute atomic E-state index is 12.8. The normalized spacial score (nSPS) is 22.7. The highest BCUT2D eigenvalue weighted by Gasteiger charge is 2.39. The van der Waals surface area contributed by atoms with E-state index in [4.69, 9.17) is 4.74 Å². The largest absolute Gasteiger partial charge is 0.480 e. The number of carbonyl (C=O) groups excluding carboxylic acids is 2. The first-order chi connectivity index (χ1) is 12.5. The molecule has 0 aromatic heterocycles. The molecule has 1 fully saturated rings. The number of anilines is 1. The van der Waals surface area contributed by atoms with Crippen molar-refractivity contribution in [2.45, 2.75) is 25.3 Å². The number of carboxylic acids is 1. The van der Waals surface area contributed by atoms with Crippen LogP contribution in [0.25, 0.3) is 0 Å². The molecule has 2 aliphatic rings. The Labute approximate surface area is 151 Å². The number of esters is 1. The SMILES string of the molecule is COC(=O)C1CCCN(C(=O)C2=NN(c3ccccc3)C(C(=O)O)C2)C1. The Kier molecular flexibility index (Phi) is 5.20. The standard InChI is InChI=1S/C18H21N3O5/c1-26-18(25)12-6-5-9-20(11-12)16(22)14-10-15(17(23)24)21(19-14)13-7-3-2-4-8-13/h2-4,7-8,12,15H,5-6,9-11H2,1H3,(H,23,24). The minimum atomic E-state index is -1.04. The molecule has 8 heteroatoms. The third-order valence-corrected chi connectivity index (χ3v) is 4.71. The number of ether oxygens (including phenoxy) is 1. The lowest BCUT2D eigenvalue weighted by Gasteiger charge is -2.31. The first-order valence-electron chi connectivity index (χ1n) is 8.53. The van der Waals surface area contributed by atoms with Gasteiger partial charge in [0.25, 0.3) is 5.91 Å². The Hall–Kier alpha value is -2.90. The molecule has 2 atom stereocenters. The summed E-state index contributed by atoms with van der Waals surface area (Å²) in [6.07, 6.45) is 1.41. The minimum Gasteiger partial charge on any atom is -0.480 e. The van der Waals surface area contributed by atoms with Crippen molar-refractivity contribution in [3.8, 4) is 0 Å². The second kappa shape index (κ2) is 7.55. The molecule has 1 saturated heterocycles. The lowest BCUT2D eigenvalue weighted by Crippen LogP contribution is -2.45. The average Bonchev–Trinajstić information content (AvgIpc) is 3.13. The number of para-hydroxylation sites is 1. The molecular formula is C18H21N3O5. The summed E-state index contributed by atoms with van der Waals surface area (Å²) < 4.78 is 4.77. The van der Waals surface area contributed by atoms with Gasteiger partial charge in [0.1, 0.15) is 5.71 Å². The summed E-state index contributed by atoms with van der Waals surface area (Å²) in [5.74, 6) is -2.03. The molecule has 8 nitrogen and oxygen atoms in total. The van der Waals surface area contributed by atoms with E-state index in [1.54, 1.807) is 29.2 Å². The van der Waals surface area contributed by atoms with Crippen molar-refractivity contribution in [1.82, 2.24) is 4.90 Å². The number of piperidine rings is 1. The predicted octanol–water partition coefficient (Wildman–Crippen LogP) is 1.12. The van der Waals surface area contributed by atoms with Crippen LogP contribution >= 0.6 is 0 Å². The van der Waals surface area contributed by atoms with Gasteiger partial charge in [0.05, 0.1) is 18.7 Å². The molecule has 0 radical (unpaired) electrons. The van der Waals surface area contributed by atoms with E-state index in [9.17, 15) is 19.5 Å². The number of carboxylic acid groups (broad SMARTS) is 1. The van der Waals surface area contributed by atoms with Crippen molar-refractivity contribution in [2.24, 2.45) is 11.0 Å². The fraction of sp³-hybridized carbons (Fsp3) is 0.444. The second-order valence-corrected chi connectivity index (χ2v) is 6.40. The smallest absolute Gasteiger partial charge is 0.328 e. The second-order valence-electron chi connectivity index (χ2n) is 6.40. The number of nitrogens with zero attached hydrogens (tertiary/aromatic N) is 3. The van der Waals surface area contributed by atoms with Gasteiger partial charge < -0.3 is 14.7 Å². The molecule has 0 spiro atoms. The quantitative estimate of drug-likeness (QED) is 0.809. The van der Waals surface area contributed by atoms with Crippen LogP contribution in [0.5, 0.6) is 0 Å². The van der Waals surface area contributed by atoms with E-state index in [2.05, 4.69) is 5.10 Å². The van der Waals surface area contributed by atoms with Crippen LogP contribution < -0.4 is 5.01 Å². The van der Waals surface area contributed by atoms with Gasteiger partial charge in [0.2, 0.25) is 0 Å². The zero-order chi connectivity index (χ0) is 18.7. The number of hydrogen-bond donors (Lipinski definition) is 1. The molecule has 2 aliphatic heterocycles. The molecular weight excluding hydrogens is 338 g/mol. The highest BCUT2D eigenvalue weighted by Crippen LogP contribution is 2.26. The maximum Gasteiger partial charge on any atom is 0.328 e. The van der Waals surface area contributed by atoms with E-state index < -0.39 is 12.0 Å². The van der Waals surface area contributed by atoms with Gasteiger partial charge in [0.15, 0.2) is 6.04 Å². The van der Waals surface area contributed by atoms with Crippen LogP contribution in [0.3, 0.4) is 0 Å². The highest BCUT2D eigenvalue weighted by atomic mass is 16.5. The number of hydrazone groups is 1. The van der Waals surface area contributed by atoms with Gasteiger partial charge in [-0.05, 0) is 25.0 Å². The van der Waals surface area contributed by atoms with Crippen LogP contribution in [0.4, 0.5) is 5.69 Å². The average molecular weight is 359 g/mol. The fourth-order valence-electron chi connectivity index (χ4n) is 3.35. The molecule has 2 heterocycles. The van der Waals surface area contributed by atoms with Crippen molar-refractivity contribution >= 4 is 29.2 Å². The third-order valence-electron chi connectivity index (χ3n) is 4.71. The van der Waals surface area contributed by atoms with Gasteiger partial charge in [-0.15, -0.1) is 0 Å². The van der Waals surface area contributed by atoms with Crippen LogP contribution in [0.15, 0.2) is 35.4 Å².